The van der Waals surface area contributed by atoms with Crippen molar-refractivity contribution in [3.05, 3.63) is 46.0 Å². The van der Waals surface area contributed by atoms with Gasteiger partial charge in [-0.05, 0) is 97.5 Å². The summed E-state index contributed by atoms with van der Waals surface area (Å²) in [6.07, 6.45) is 15.2. The zero-order valence-corrected chi connectivity index (χ0v) is 19.9. The van der Waals surface area contributed by atoms with E-state index in [1.807, 2.05) is 6.07 Å². The van der Waals surface area contributed by atoms with Crippen molar-refractivity contribution < 1.29 is 4.42 Å². The predicted molar refractivity (Wildman–Crippen MR) is 128 cm³/mol. The number of hydrogen-bond donors (Lipinski definition) is 1. The molecule has 1 aromatic rings. The molecule has 1 saturated heterocycles. The topological polar surface area (TPSA) is 45.5 Å². The van der Waals surface area contributed by atoms with E-state index in [0.717, 1.165) is 30.2 Å². The molecule has 4 aliphatic carbocycles. The van der Waals surface area contributed by atoms with E-state index in [0.29, 0.717) is 11.3 Å². The fourth-order valence-corrected chi connectivity index (χ4v) is 9.02. The molecule has 0 unspecified atom stereocenters. The van der Waals surface area contributed by atoms with Gasteiger partial charge in [0.25, 0.3) is 0 Å². The van der Waals surface area contributed by atoms with E-state index in [1.165, 1.54) is 76.7 Å². The Morgan fingerprint density at radius 3 is 2.69 bits per heavy atom. The molecule has 0 amide bonds. The number of piperazine rings is 1. The van der Waals surface area contributed by atoms with Crippen LogP contribution in [0, 0.1) is 28.6 Å². The Labute approximate surface area is 192 Å². The van der Waals surface area contributed by atoms with E-state index in [2.05, 4.69) is 30.1 Å². The van der Waals surface area contributed by atoms with E-state index in [9.17, 15) is 4.79 Å². The summed E-state index contributed by atoms with van der Waals surface area (Å²) >= 11 is 0. The van der Waals surface area contributed by atoms with Crippen molar-refractivity contribution in [3.63, 3.8) is 0 Å². The molecule has 4 fully saturated rings. The lowest BCUT2D eigenvalue weighted by molar-refractivity contribution is -0.0738. The maximum Gasteiger partial charge on any atom is 0.335 e. The zero-order chi connectivity index (χ0) is 21.9. The summed E-state index contributed by atoms with van der Waals surface area (Å²) in [6.45, 7) is 10.0. The van der Waals surface area contributed by atoms with E-state index in [4.69, 9.17) is 4.42 Å². The van der Waals surface area contributed by atoms with Crippen LogP contribution in [-0.4, -0.2) is 37.1 Å². The maximum atomic E-state index is 11.5. The summed E-state index contributed by atoms with van der Waals surface area (Å²) in [4.78, 5) is 14.3. The maximum absolute atomic E-state index is 11.5. The van der Waals surface area contributed by atoms with E-state index in [-0.39, 0.29) is 11.0 Å². The molecule has 3 saturated carbocycles. The second-order valence-electron chi connectivity index (χ2n) is 12.0. The van der Waals surface area contributed by atoms with Crippen LogP contribution < -0.4 is 10.9 Å². The van der Waals surface area contributed by atoms with Crippen LogP contribution in [0.25, 0.3) is 0 Å². The average Bonchev–Trinajstić information content (AvgIpc) is 3.17. The largest absolute Gasteiger partial charge is 0.431 e. The Balaban J connectivity index is 1.21. The number of fused-ring (bicyclic) bond motifs is 5. The molecule has 0 radical (unpaired) electrons. The lowest BCUT2D eigenvalue weighted by Gasteiger charge is -2.60. The van der Waals surface area contributed by atoms with Crippen LogP contribution in [0.4, 0.5) is 0 Å². The van der Waals surface area contributed by atoms with Crippen molar-refractivity contribution in [3.8, 4) is 0 Å². The third-order valence-corrected chi connectivity index (χ3v) is 10.8. The first kappa shape index (κ1) is 21.2. The lowest BCUT2D eigenvalue weighted by Crippen LogP contribution is -2.56. The Morgan fingerprint density at radius 2 is 1.91 bits per heavy atom. The SMILES string of the molecule is C[C@]12CC[C@H](N3CCNCC3)C[C@H]1CC[C@H]1C3=CC[C@H](c4ccc(=O)oc4)[C@@]3(C)CC[C@@H]12. The summed E-state index contributed by atoms with van der Waals surface area (Å²) in [5.41, 5.74) is 3.49. The van der Waals surface area contributed by atoms with Gasteiger partial charge in [0.2, 0.25) is 0 Å². The van der Waals surface area contributed by atoms with Gasteiger partial charge in [-0.3, -0.25) is 4.90 Å². The molecule has 1 aliphatic heterocycles. The molecule has 0 spiro atoms. The van der Waals surface area contributed by atoms with Gasteiger partial charge in [0.15, 0.2) is 0 Å². The second-order valence-corrected chi connectivity index (χ2v) is 12.0. The quantitative estimate of drug-likeness (QED) is 0.666. The normalized spacial score (nSPS) is 44.3. The van der Waals surface area contributed by atoms with Crippen molar-refractivity contribution in [1.82, 2.24) is 10.2 Å². The fraction of sp³-hybridized carbons (Fsp3) is 0.750. The standard InChI is InChI=1S/C28H40N2O2/c1-27-11-9-21(30-15-13-29-14-16-30)17-20(27)4-5-22-24-7-6-23(19-3-8-26(31)32-18-19)28(24,2)12-10-25(22)27/h3,7-8,18,20-23,25,29H,4-6,9-17H2,1-2H3/t20-,21+,22+,23-,25+,27+,28-/m1/s1. The first-order valence-electron chi connectivity index (χ1n) is 13.2. The Kier molecular flexibility index (Phi) is 5.18. The van der Waals surface area contributed by atoms with Crippen molar-refractivity contribution in [2.75, 3.05) is 26.2 Å². The molecular formula is C28H40N2O2. The molecule has 174 valence electrons. The van der Waals surface area contributed by atoms with Crippen LogP contribution >= 0.6 is 0 Å². The molecule has 7 atom stereocenters. The van der Waals surface area contributed by atoms with Gasteiger partial charge in [-0.25, -0.2) is 4.79 Å². The molecule has 0 aromatic carbocycles. The molecule has 6 rings (SSSR count). The third-order valence-electron chi connectivity index (χ3n) is 10.8. The van der Waals surface area contributed by atoms with Crippen LogP contribution in [0.15, 0.2) is 39.3 Å². The summed E-state index contributed by atoms with van der Waals surface area (Å²) in [5.74, 6) is 3.00. The summed E-state index contributed by atoms with van der Waals surface area (Å²) < 4.78 is 5.26. The van der Waals surface area contributed by atoms with E-state index in [1.54, 1.807) is 17.9 Å². The van der Waals surface area contributed by atoms with Crippen LogP contribution in [0.1, 0.15) is 76.7 Å². The predicted octanol–water partition coefficient (Wildman–Crippen LogP) is 4.96. The molecule has 1 N–H and O–H groups in total. The number of allylic oxidation sites excluding steroid dienone is 2. The molecule has 2 heterocycles. The number of rotatable bonds is 2. The van der Waals surface area contributed by atoms with Gasteiger partial charge < -0.3 is 9.73 Å². The van der Waals surface area contributed by atoms with Crippen molar-refractivity contribution in [1.29, 1.82) is 0 Å². The van der Waals surface area contributed by atoms with Crippen LogP contribution in [-0.2, 0) is 0 Å². The lowest BCUT2D eigenvalue weighted by atomic mass is 9.45. The molecule has 4 nitrogen and oxygen atoms in total. The molecule has 4 heteroatoms. The number of nitrogens with zero attached hydrogens (tertiary/aromatic N) is 1. The zero-order valence-electron chi connectivity index (χ0n) is 19.9. The van der Waals surface area contributed by atoms with Crippen LogP contribution in [0.5, 0.6) is 0 Å². The first-order valence-corrected chi connectivity index (χ1v) is 13.2. The summed E-state index contributed by atoms with van der Waals surface area (Å²) in [6, 6.07) is 4.44. The number of hydrogen-bond acceptors (Lipinski definition) is 4. The van der Waals surface area contributed by atoms with Crippen LogP contribution in [0.3, 0.4) is 0 Å². The van der Waals surface area contributed by atoms with Crippen molar-refractivity contribution in [2.45, 2.75) is 77.2 Å². The van der Waals surface area contributed by atoms with Gasteiger partial charge in [0, 0.05) is 38.3 Å². The van der Waals surface area contributed by atoms with E-state index < -0.39 is 0 Å². The highest BCUT2D eigenvalue weighted by molar-refractivity contribution is 5.36. The molecule has 32 heavy (non-hydrogen) atoms. The highest BCUT2D eigenvalue weighted by Gasteiger charge is 2.58. The van der Waals surface area contributed by atoms with Crippen LogP contribution in [0.2, 0.25) is 0 Å². The molecule has 5 aliphatic rings. The second kappa shape index (κ2) is 7.84. The minimum atomic E-state index is -0.239. The fourth-order valence-electron chi connectivity index (χ4n) is 9.02. The highest BCUT2D eigenvalue weighted by Crippen LogP contribution is 2.67. The van der Waals surface area contributed by atoms with Gasteiger partial charge >= 0.3 is 5.63 Å². The Bertz CT molecular complexity index is 927. The summed E-state index contributed by atoms with van der Waals surface area (Å²) in [5, 5.41) is 3.53. The van der Waals surface area contributed by atoms with Crippen molar-refractivity contribution in [2.24, 2.45) is 28.6 Å². The molecule has 1 aromatic heterocycles. The van der Waals surface area contributed by atoms with Crippen molar-refractivity contribution >= 4 is 0 Å². The molecular weight excluding hydrogens is 396 g/mol. The average molecular weight is 437 g/mol. The highest BCUT2D eigenvalue weighted by atomic mass is 16.4. The third kappa shape index (κ3) is 3.20. The smallest absolute Gasteiger partial charge is 0.335 e. The van der Waals surface area contributed by atoms with E-state index >= 15 is 0 Å². The Hall–Kier alpha value is -1.39. The minimum absolute atomic E-state index is 0.238. The van der Waals surface area contributed by atoms with Gasteiger partial charge in [-0.2, -0.15) is 0 Å². The molecule has 0 bridgehead atoms. The monoisotopic (exact) mass is 436 g/mol. The van der Waals surface area contributed by atoms with Gasteiger partial charge in [-0.1, -0.05) is 25.5 Å². The van der Waals surface area contributed by atoms with Gasteiger partial charge in [0.1, 0.15) is 0 Å². The van der Waals surface area contributed by atoms with Gasteiger partial charge in [0.05, 0.1) is 6.26 Å². The van der Waals surface area contributed by atoms with Gasteiger partial charge in [-0.15, -0.1) is 0 Å². The Morgan fingerprint density at radius 1 is 1.06 bits per heavy atom. The number of nitrogens with one attached hydrogen (secondary N) is 1. The first-order chi connectivity index (χ1) is 15.5. The summed E-state index contributed by atoms with van der Waals surface area (Å²) in [7, 11) is 0. The minimum Gasteiger partial charge on any atom is -0.431 e.